The highest BCUT2D eigenvalue weighted by Gasteiger charge is 2.22. The normalized spacial score (nSPS) is 16.8. The fourth-order valence-electron chi connectivity index (χ4n) is 2.63. The molecule has 2 aromatic rings. The highest BCUT2D eigenvalue weighted by atomic mass is 35.5. The Kier molecular flexibility index (Phi) is 5.72. The number of carbonyl (C=O) groups is 1. The molecule has 1 atom stereocenters. The van der Waals surface area contributed by atoms with Crippen LogP contribution in [0, 0.1) is 0 Å². The fraction of sp³-hybridized carbons (Fsp3) is 0.316. The van der Waals surface area contributed by atoms with Gasteiger partial charge in [-0.05, 0) is 48.2 Å². The van der Waals surface area contributed by atoms with Crippen LogP contribution >= 0.6 is 11.6 Å². The molecule has 0 saturated carbocycles. The second-order valence-electron chi connectivity index (χ2n) is 5.90. The molecule has 1 fully saturated rings. The Morgan fingerprint density at radius 1 is 1.04 bits per heavy atom. The Labute approximate surface area is 147 Å². The van der Waals surface area contributed by atoms with Crippen molar-refractivity contribution in [3.05, 3.63) is 64.7 Å². The van der Waals surface area contributed by atoms with Crippen LogP contribution in [0.2, 0.25) is 5.02 Å². The molecule has 0 unspecified atom stereocenters. The van der Waals surface area contributed by atoms with Crippen LogP contribution in [0.4, 0.5) is 5.69 Å². The van der Waals surface area contributed by atoms with Crippen LogP contribution in [0.25, 0.3) is 0 Å². The Bertz CT molecular complexity index is 665. The standard InChI is InChI=1S/C19H21ClN2O2/c20-16-7-3-14(4-8-16)12-21-17-9-5-15(6-10-17)13-22-19(23)18-2-1-11-24-18/h3-10,18,21H,1-2,11-13H2,(H,22,23)/t18-/m0/s1. The maximum Gasteiger partial charge on any atom is 0.249 e. The summed E-state index contributed by atoms with van der Waals surface area (Å²) < 4.78 is 5.37. The van der Waals surface area contributed by atoms with E-state index in [1.807, 2.05) is 48.5 Å². The van der Waals surface area contributed by atoms with Crippen molar-refractivity contribution < 1.29 is 9.53 Å². The van der Waals surface area contributed by atoms with Gasteiger partial charge in [-0.15, -0.1) is 0 Å². The number of amides is 1. The summed E-state index contributed by atoms with van der Waals surface area (Å²) in [5, 5.41) is 7.04. The molecule has 0 spiro atoms. The Hall–Kier alpha value is -2.04. The highest BCUT2D eigenvalue weighted by Crippen LogP contribution is 2.14. The summed E-state index contributed by atoms with van der Waals surface area (Å²) in [6.45, 7) is 1.95. The number of ether oxygens (including phenoxy) is 1. The second kappa shape index (κ2) is 8.18. The smallest absolute Gasteiger partial charge is 0.249 e. The lowest BCUT2D eigenvalue weighted by Crippen LogP contribution is -2.33. The van der Waals surface area contributed by atoms with Gasteiger partial charge in [-0.1, -0.05) is 35.9 Å². The number of rotatable bonds is 6. The molecule has 1 amide bonds. The lowest BCUT2D eigenvalue weighted by atomic mass is 10.1. The summed E-state index contributed by atoms with van der Waals surface area (Å²) in [4.78, 5) is 11.9. The van der Waals surface area contributed by atoms with Gasteiger partial charge >= 0.3 is 0 Å². The van der Waals surface area contributed by atoms with E-state index in [2.05, 4.69) is 10.6 Å². The van der Waals surface area contributed by atoms with Gasteiger partial charge in [-0.25, -0.2) is 0 Å². The van der Waals surface area contributed by atoms with Crippen LogP contribution in [0.15, 0.2) is 48.5 Å². The summed E-state index contributed by atoms with van der Waals surface area (Å²) >= 11 is 5.88. The molecule has 2 N–H and O–H groups in total. The largest absolute Gasteiger partial charge is 0.381 e. The van der Waals surface area contributed by atoms with E-state index in [1.54, 1.807) is 0 Å². The highest BCUT2D eigenvalue weighted by molar-refractivity contribution is 6.30. The lowest BCUT2D eigenvalue weighted by Gasteiger charge is -2.11. The second-order valence-corrected chi connectivity index (χ2v) is 6.33. The van der Waals surface area contributed by atoms with Crippen molar-refractivity contribution in [3.8, 4) is 0 Å². The van der Waals surface area contributed by atoms with Crippen LogP contribution < -0.4 is 10.6 Å². The quantitative estimate of drug-likeness (QED) is 0.839. The van der Waals surface area contributed by atoms with Gasteiger partial charge in [-0.2, -0.15) is 0 Å². The van der Waals surface area contributed by atoms with Gasteiger partial charge in [0.1, 0.15) is 6.10 Å². The van der Waals surface area contributed by atoms with Crippen molar-refractivity contribution >= 4 is 23.2 Å². The predicted molar refractivity (Wildman–Crippen MR) is 96.0 cm³/mol. The molecule has 0 aromatic heterocycles. The molecular formula is C19H21ClN2O2. The minimum absolute atomic E-state index is 0.0163. The van der Waals surface area contributed by atoms with E-state index in [0.29, 0.717) is 13.2 Å². The van der Waals surface area contributed by atoms with Gasteiger partial charge in [0.05, 0.1) is 0 Å². The average Bonchev–Trinajstić information content (AvgIpc) is 3.15. The summed E-state index contributed by atoms with van der Waals surface area (Å²) in [5.41, 5.74) is 3.28. The minimum atomic E-state index is -0.273. The molecule has 24 heavy (non-hydrogen) atoms. The van der Waals surface area contributed by atoms with Gasteiger partial charge in [0, 0.05) is 30.4 Å². The Morgan fingerprint density at radius 3 is 2.38 bits per heavy atom. The average molecular weight is 345 g/mol. The summed E-state index contributed by atoms with van der Waals surface area (Å²) in [5.74, 6) is -0.0163. The molecule has 0 aliphatic carbocycles. The summed E-state index contributed by atoms with van der Waals surface area (Å²) in [6.07, 6.45) is 1.51. The van der Waals surface area contributed by atoms with Crippen LogP contribution in [-0.2, 0) is 22.6 Å². The number of nitrogens with one attached hydrogen (secondary N) is 2. The van der Waals surface area contributed by atoms with E-state index < -0.39 is 0 Å². The van der Waals surface area contributed by atoms with Crippen molar-refractivity contribution in [3.63, 3.8) is 0 Å². The lowest BCUT2D eigenvalue weighted by molar-refractivity contribution is -0.130. The van der Waals surface area contributed by atoms with Crippen molar-refractivity contribution in [1.82, 2.24) is 5.32 Å². The topological polar surface area (TPSA) is 50.4 Å². The van der Waals surface area contributed by atoms with E-state index in [1.165, 1.54) is 5.56 Å². The van der Waals surface area contributed by atoms with Gasteiger partial charge < -0.3 is 15.4 Å². The van der Waals surface area contributed by atoms with Crippen molar-refractivity contribution in [1.29, 1.82) is 0 Å². The molecule has 5 heteroatoms. The van der Waals surface area contributed by atoms with E-state index in [4.69, 9.17) is 16.3 Å². The van der Waals surface area contributed by atoms with Gasteiger partial charge in [0.2, 0.25) is 5.91 Å². The molecule has 1 aliphatic rings. The molecule has 2 aromatic carbocycles. The first-order valence-electron chi connectivity index (χ1n) is 8.17. The third-order valence-electron chi connectivity index (χ3n) is 4.05. The minimum Gasteiger partial charge on any atom is -0.381 e. The van der Waals surface area contributed by atoms with Gasteiger partial charge in [0.25, 0.3) is 0 Å². The zero-order valence-electron chi connectivity index (χ0n) is 13.4. The van der Waals surface area contributed by atoms with Crippen molar-refractivity contribution in [2.75, 3.05) is 11.9 Å². The number of benzene rings is 2. The number of hydrogen-bond donors (Lipinski definition) is 2. The SMILES string of the molecule is O=C(NCc1ccc(NCc2ccc(Cl)cc2)cc1)[C@@H]1CCCO1. The predicted octanol–water partition coefficient (Wildman–Crippen LogP) is 3.75. The maximum absolute atomic E-state index is 11.9. The third-order valence-corrected chi connectivity index (χ3v) is 4.30. The first kappa shape index (κ1) is 16.8. The van der Waals surface area contributed by atoms with Crippen LogP contribution in [0.5, 0.6) is 0 Å². The number of halogens is 1. The van der Waals surface area contributed by atoms with Gasteiger partial charge in [0.15, 0.2) is 0 Å². The Morgan fingerprint density at radius 2 is 1.71 bits per heavy atom. The summed E-state index contributed by atoms with van der Waals surface area (Å²) in [6, 6.07) is 15.8. The molecule has 126 valence electrons. The molecule has 0 bridgehead atoms. The maximum atomic E-state index is 11.9. The van der Waals surface area contributed by atoms with E-state index >= 15 is 0 Å². The van der Waals surface area contributed by atoms with E-state index in [-0.39, 0.29) is 12.0 Å². The molecule has 1 aliphatic heterocycles. The number of hydrogen-bond acceptors (Lipinski definition) is 3. The van der Waals surface area contributed by atoms with E-state index in [0.717, 1.165) is 35.7 Å². The molecule has 1 heterocycles. The fourth-order valence-corrected chi connectivity index (χ4v) is 2.76. The number of carbonyl (C=O) groups excluding carboxylic acids is 1. The van der Waals surface area contributed by atoms with E-state index in [9.17, 15) is 4.79 Å². The number of anilines is 1. The van der Waals surface area contributed by atoms with Crippen LogP contribution in [0.1, 0.15) is 24.0 Å². The zero-order chi connectivity index (χ0) is 16.8. The molecule has 0 radical (unpaired) electrons. The summed E-state index contributed by atoms with van der Waals surface area (Å²) in [7, 11) is 0. The third kappa shape index (κ3) is 4.73. The Balaban J connectivity index is 1.46. The zero-order valence-corrected chi connectivity index (χ0v) is 14.2. The molecule has 4 nitrogen and oxygen atoms in total. The molecule has 1 saturated heterocycles. The van der Waals surface area contributed by atoms with Crippen molar-refractivity contribution in [2.45, 2.75) is 32.0 Å². The van der Waals surface area contributed by atoms with Crippen LogP contribution in [0.3, 0.4) is 0 Å². The van der Waals surface area contributed by atoms with Crippen molar-refractivity contribution in [2.24, 2.45) is 0 Å². The first-order chi connectivity index (χ1) is 11.7. The first-order valence-corrected chi connectivity index (χ1v) is 8.55. The van der Waals surface area contributed by atoms with Crippen LogP contribution in [-0.4, -0.2) is 18.6 Å². The molecule has 3 rings (SSSR count). The van der Waals surface area contributed by atoms with Gasteiger partial charge in [-0.3, -0.25) is 4.79 Å². The monoisotopic (exact) mass is 344 g/mol. The molecular weight excluding hydrogens is 324 g/mol.